The second kappa shape index (κ2) is 6.93. The number of primary sulfonamides is 1. The van der Waals surface area contributed by atoms with Crippen LogP contribution in [0.3, 0.4) is 0 Å². The highest BCUT2D eigenvalue weighted by atomic mass is 32.2. The van der Waals surface area contributed by atoms with Gasteiger partial charge in [-0.05, 0) is 31.5 Å². The average Bonchev–Trinajstić information content (AvgIpc) is 2.48. The van der Waals surface area contributed by atoms with Gasteiger partial charge in [-0.2, -0.15) is 0 Å². The van der Waals surface area contributed by atoms with Crippen molar-refractivity contribution in [2.75, 3.05) is 0 Å². The molecule has 6 heteroatoms. The second-order valence-electron chi connectivity index (χ2n) is 5.49. The number of rotatable bonds is 6. The molecule has 0 saturated carbocycles. The van der Waals surface area contributed by atoms with Crippen molar-refractivity contribution in [2.24, 2.45) is 5.14 Å². The average molecular weight is 333 g/mol. The zero-order valence-corrected chi connectivity index (χ0v) is 13.8. The Balaban J connectivity index is 2.65. The van der Waals surface area contributed by atoms with Crippen molar-refractivity contribution in [3.05, 3.63) is 59.2 Å². The zero-order valence-electron chi connectivity index (χ0n) is 13.0. The number of carbonyl (C=O) groups is 1. The summed E-state index contributed by atoms with van der Waals surface area (Å²) in [4.78, 5) is 11.0. The van der Waals surface area contributed by atoms with Crippen molar-refractivity contribution in [2.45, 2.75) is 31.3 Å². The van der Waals surface area contributed by atoms with E-state index in [9.17, 15) is 13.2 Å². The van der Waals surface area contributed by atoms with E-state index in [2.05, 4.69) is 0 Å². The molecule has 2 N–H and O–H groups in total. The predicted molar refractivity (Wildman–Crippen MR) is 88.2 cm³/mol. The van der Waals surface area contributed by atoms with Crippen LogP contribution in [-0.4, -0.2) is 20.8 Å². The monoisotopic (exact) mass is 333 g/mol. The van der Waals surface area contributed by atoms with E-state index < -0.39 is 10.0 Å². The van der Waals surface area contributed by atoms with Crippen LogP contribution >= 0.6 is 0 Å². The number of hydrogen-bond donors (Lipinski definition) is 1. The molecule has 23 heavy (non-hydrogen) atoms. The summed E-state index contributed by atoms with van der Waals surface area (Å²) in [7, 11) is -3.98. The summed E-state index contributed by atoms with van der Waals surface area (Å²) in [6, 6.07) is 12.2. The van der Waals surface area contributed by atoms with Gasteiger partial charge in [0.15, 0.2) is 0 Å². The van der Waals surface area contributed by atoms with Gasteiger partial charge in [-0.25, -0.2) is 13.6 Å². The molecule has 0 heterocycles. The number of ether oxygens (including phenoxy) is 1. The van der Waals surface area contributed by atoms with Gasteiger partial charge in [0.25, 0.3) is 0 Å². The quantitative estimate of drug-likeness (QED) is 0.823. The molecule has 2 rings (SSSR count). The maximum Gasteiger partial charge on any atom is 0.238 e. The number of hydrogen-bond acceptors (Lipinski definition) is 4. The number of nitrogens with two attached hydrogens (primary N) is 1. The van der Waals surface area contributed by atoms with Gasteiger partial charge >= 0.3 is 0 Å². The van der Waals surface area contributed by atoms with Crippen molar-refractivity contribution in [1.82, 2.24) is 0 Å². The lowest BCUT2D eigenvalue weighted by atomic mass is 10.0. The van der Waals surface area contributed by atoms with E-state index >= 15 is 0 Å². The van der Waals surface area contributed by atoms with Gasteiger partial charge in [-0.3, -0.25) is 4.79 Å². The molecule has 0 bridgehead atoms. The number of sulfonamides is 1. The van der Waals surface area contributed by atoms with Crippen molar-refractivity contribution in [3.8, 4) is 5.75 Å². The normalized spacial score (nSPS) is 11.5. The molecule has 0 aliphatic rings. The maximum atomic E-state index is 12.0. The lowest BCUT2D eigenvalue weighted by molar-refractivity contribution is 0.112. The van der Waals surface area contributed by atoms with Gasteiger partial charge in [0.05, 0.1) is 11.0 Å². The van der Waals surface area contributed by atoms with Gasteiger partial charge in [0.2, 0.25) is 10.0 Å². The van der Waals surface area contributed by atoms with Crippen LogP contribution < -0.4 is 9.88 Å². The molecule has 0 amide bonds. The number of carbonyl (C=O) groups excluding carboxylic acids is 1. The first-order valence-electron chi connectivity index (χ1n) is 7.16. The second-order valence-corrected chi connectivity index (χ2v) is 7.02. The SMILES string of the molecule is CC(C)Oc1cc(C=O)cc(S(N)(=O)=O)c1Cc1ccccc1. The van der Waals surface area contributed by atoms with Crippen LogP contribution in [0.25, 0.3) is 0 Å². The van der Waals surface area contributed by atoms with Crippen LogP contribution in [-0.2, 0) is 16.4 Å². The van der Waals surface area contributed by atoms with Crippen LogP contribution in [0.5, 0.6) is 5.75 Å². The largest absolute Gasteiger partial charge is 0.491 e. The highest BCUT2D eigenvalue weighted by molar-refractivity contribution is 7.89. The zero-order chi connectivity index (χ0) is 17.0. The lowest BCUT2D eigenvalue weighted by Crippen LogP contribution is -2.17. The fraction of sp³-hybridized carbons (Fsp3) is 0.235. The fourth-order valence-corrected chi connectivity index (χ4v) is 3.11. The molecule has 2 aromatic carbocycles. The number of benzene rings is 2. The third kappa shape index (κ3) is 4.40. The summed E-state index contributed by atoms with van der Waals surface area (Å²) in [5, 5.41) is 5.34. The molecule has 2 aromatic rings. The Morgan fingerprint density at radius 2 is 1.83 bits per heavy atom. The van der Waals surface area contributed by atoms with Gasteiger partial charge in [0, 0.05) is 17.5 Å². The first-order chi connectivity index (χ1) is 10.8. The minimum absolute atomic E-state index is 0.0818. The Morgan fingerprint density at radius 1 is 1.17 bits per heavy atom. The van der Waals surface area contributed by atoms with Gasteiger partial charge < -0.3 is 4.74 Å². The van der Waals surface area contributed by atoms with Gasteiger partial charge in [-0.1, -0.05) is 30.3 Å². The Labute approximate surface area is 136 Å². The van der Waals surface area contributed by atoms with E-state index in [1.807, 2.05) is 44.2 Å². The first-order valence-corrected chi connectivity index (χ1v) is 8.71. The van der Waals surface area contributed by atoms with Crippen LogP contribution in [0.15, 0.2) is 47.4 Å². The summed E-state index contributed by atoms with van der Waals surface area (Å²) in [5.74, 6) is 0.359. The lowest BCUT2D eigenvalue weighted by Gasteiger charge is -2.18. The maximum absolute atomic E-state index is 12.0. The van der Waals surface area contributed by atoms with Crippen molar-refractivity contribution < 1.29 is 17.9 Å². The van der Waals surface area contributed by atoms with Crippen LogP contribution in [0.1, 0.15) is 35.3 Å². The molecular formula is C17H19NO4S. The van der Waals surface area contributed by atoms with Crippen LogP contribution in [0.4, 0.5) is 0 Å². The van der Waals surface area contributed by atoms with E-state index in [0.717, 1.165) is 5.56 Å². The summed E-state index contributed by atoms with van der Waals surface area (Å²) >= 11 is 0. The van der Waals surface area contributed by atoms with Crippen molar-refractivity contribution in [3.63, 3.8) is 0 Å². The first kappa shape index (κ1) is 17.2. The van der Waals surface area contributed by atoms with E-state index in [1.165, 1.54) is 6.07 Å². The van der Waals surface area contributed by atoms with Crippen molar-refractivity contribution in [1.29, 1.82) is 0 Å². The molecule has 0 fully saturated rings. The summed E-state index contributed by atoms with van der Waals surface area (Å²) in [6.45, 7) is 3.66. The minimum Gasteiger partial charge on any atom is -0.491 e. The Morgan fingerprint density at radius 3 is 2.35 bits per heavy atom. The molecule has 0 unspecified atom stereocenters. The molecule has 5 nitrogen and oxygen atoms in total. The summed E-state index contributed by atoms with van der Waals surface area (Å²) < 4.78 is 29.6. The molecule has 0 radical (unpaired) electrons. The highest BCUT2D eigenvalue weighted by Crippen LogP contribution is 2.30. The molecule has 0 aromatic heterocycles. The Hall–Kier alpha value is -2.18. The van der Waals surface area contributed by atoms with E-state index in [1.54, 1.807) is 6.07 Å². The van der Waals surface area contributed by atoms with Crippen LogP contribution in [0, 0.1) is 0 Å². The Bertz CT molecular complexity index is 799. The van der Waals surface area contributed by atoms with E-state index in [0.29, 0.717) is 24.0 Å². The highest BCUT2D eigenvalue weighted by Gasteiger charge is 2.21. The van der Waals surface area contributed by atoms with Crippen LogP contribution in [0.2, 0.25) is 0 Å². The topological polar surface area (TPSA) is 86.5 Å². The molecule has 0 aliphatic carbocycles. The molecule has 0 spiro atoms. The number of aldehydes is 1. The molecule has 0 atom stereocenters. The molecular weight excluding hydrogens is 314 g/mol. The van der Waals surface area contributed by atoms with Gasteiger partial charge in [0.1, 0.15) is 12.0 Å². The van der Waals surface area contributed by atoms with E-state index in [4.69, 9.17) is 9.88 Å². The summed E-state index contributed by atoms with van der Waals surface area (Å²) in [6.07, 6.45) is 0.752. The standard InChI is InChI=1S/C17H19NO4S/c1-12(2)22-16-9-14(11-19)10-17(23(18,20)21)15(16)8-13-6-4-3-5-7-13/h3-7,9-12H,8H2,1-2H3,(H2,18,20,21). The van der Waals surface area contributed by atoms with E-state index in [-0.39, 0.29) is 16.6 Å². The minimum atomic E-state index is -3.98. The molecule has 0 saturated heterocycles. The third-order valence-corrected chi connectivity index (χ3v) is 4.20. The fourth-order valence-electron chi connectivity index (χ4n) is 2.30. The van der Waals surface area contributed by atoms with Crippen molar-refractivity contribution >= 4 is 16.3 Å². The molecule has 122 valence electrons. The molecule has 0 aliphatic heterocycles. The smallest absolute Gasteiger partial charge is 0.238 e. The predicted octanol–water partition coefficient (Wildman–Crippen LogP) is 2.52. The summed E-state index contributed by atoms with van der Waals surface area (Å²) in [5.41, 5.74) is 1.59. The third-order valence-electron chi connectivity index (χ3n) is 3.22. The Kier molecular flexibility index (Phi) is 5.18. The van der Waals surface area contributed by atoms with Gasteiger partial charge in [-0.15, -0.1) is 0 Å².